The maximum Gasteiger partial charge on any atom is 0.225 e. The van der Waals surface area contributed by atoms with Gasteiger partial charge in [0.25, 0.3) is 0 Å². The van der Waals surface area contributed by atoms with Gasteiger partial charge in [-0.25, -0.2) is 4.39 Å². The highest BCUT2D eigenvalue weighted by Crippen LogP contribution is 2.47. The summed E-state index contributed by atoms with van der Waals surface area (Å²) in [6.07, 6.45) is 0.274. The molecule has 26 heavy (non-hydrogen) atoms. The molecule has 2 heterocycles. The quantitative estimate of drug-likeness (QED) is 0.701. The Labute approximate surface area is 153 Å². The summed E-state index contributed by atoms with van der Waals surface area (Å²) in [6.45, 7) is 0. The summed E-state index contributed by atoms with van der Waals surface area (Å²) in [5.74, 6) is -0.239. The van der Waals surface area contributed by atoms with Crippen LogP contribution in [0.2, 0.25) is 0 Å². The number of phenols is 1. The summed E-state index contributed by atoms with van der Waals surface area (Å²) in [7, 11) is 1.49. The van der Waals surface area contributed by atoms with Gasteiger partial charge in [0.15, 0.2) is 11.5 Å². The third kappa shape index (κ3) is 2.72. The molecule has 0 aliphatic carbocycles. The van der Waals surface area contributed by atoms with Crippen LogP contribution in [0.4, 0.5) is 10.1 Å². The Morgan fingerprint density at radius 3 is 2.77 bits per heavy atom. The summed E-state index contributed by atoms with van der Waals surface area (Å²) in [5.41, 5.74) is 2.61. The first-order valence-electron chi connectivity index (χ1n) is 8.11. The van der Waals surface area contributed by atoms with Crippen molar-refractivity contribution < 1.29 is 19.0 Å². The fourth-order valence-electron chi connectivity index (χ4n) is 3.30. The van der Waals surface area contributed by atoms with Gasteiger partial charge in [-0.15, -0.1) is 11.3 Å². The fourth-order valence-corrected chi connectivity index (χ4v) is 4.45. The maximum atomic E-state index is 14.2. The highest BCUT2D eigenvalue weighted by atomic mass is 32.1. The predicted molar refractivity (Wildman–Crippen MR) is 99.5 cm³/mol. The van der Waals surface area contributed by atoms with E-state index in [0.717, 1.165) is 10.4 Å². The summed E-state index contributed by atoms with van der Waals surface area (Å²) < 4.78 is 19.3. The van der Waals surface area contributed by atoms with Crippen molar-refractivity contribution in [1.82, 2.24) is 0 Å². The number of carbonyl (C=O) groups is 1. The van der Waals surface area contributed by atoms with Crippen molar-refractivity contribution in [2.75, 3.05) is 12.4 Å². The zero-order valence-electron chi connectivity index (χ0n) is 14.0. The zero-order chi connectivity index (χ0) is 18.3. The molecular formula is C20H16FNO3S. The molecule has 1 amide bonds. The highest BCUT2D eigenvalue weighted by Gasteiger charge is 2.31. The molecule has 1 atom stereocenters. The van der Waals surface area contributed by atoms with Gasteiger partial charge in [0, 0.05) is 33.7 Å². The van der Waals surface area contributed by atoms with Crippen molar-refractivity contribution in [1.29, 1.82) is 0 Å². The van der Waals surface area contributed by atoms with E-state index < -0.39 is 0 Å². The summed E-state index contributed by atoms with van der Waals surface area (Å²) in [6, 6.07) is 11.7. The summed E-state index contributed by atoms with van der Waals surface area (Å²) >= 11 is 1.48. The number of fused-ring (bicyclic) bond motifs is 1. The van der Waals surface area contributed by atoms with Crippen molar-refractivity contribution in [3.63, 3.8) is 0 Å². The number of thiophene rings is 1. The lowest BCUT2D eigenvalue weighted by molar-refractivity contribution is -0.116. The minimum Gasteiger partial charge on any atom is -0.504 e. The number of halogens is 1. The number of anilines is 1. The molecule has 1 aliphatic rings. The predicted octanol–water partition coefficient (Wildman–Crippen LogP) is 4.74. The third-order valence-corrected chi connectivity index (χ3v) is 5.66. The maximum absolute atomic E-state index is 14.2. The first-order chi connectivity index (χ1) is 12.6. The third-order valence-electron chi connectivity index (χ3n) is 4.56. The average Bonchev–Trinajstić information content (AvgIpc) is 3.05. The standard InChI is InChI=1S/C20H16FNO3S/c1-25-17-7-6-11(8-16(17)23)13-9-18(24)22-19-14(10-26-20(13)19)12-4-2-3-5-15(12)21/h2-8,10,13,23H,9H2,1H3,(H,22,24)/t13-/m1/s1. The van der Waals surface area contributed by atoms with E-state index in [1.54, 1.807) is 30.3 Å². The monoisotopic (exact) mass is 369 g/mol. The number of hydrogen-bond acceptors (Lipinski definition) is 4. The first-order valence-corrected chi connectivity index (χ1v) is 8.99. The Morgan fingerprint density at radius 2 is 2.04 bits per heavy atom. The van der Waals surface area contributed by atoms with E-state index in [0.29, 0.717) is 22.6 Å². The van der Waals surface area contributed by atoms with E-state index in [1.165, 1.54) is 24.5 Å². The van der Waals surface area contributed by atoms with E-state index in [4.69, 9.17) is 4.74 Å². The molecular weight excluding hydrogens is 353 g/mol. The molecule has 1 aliphatic heterocycles. The number of aromatic hydroxyl groups is 1. The van der Waals surface area contributed by atoms with Gasteiger partial charge >= 0.3 is 0 Å². The van der Waals surface area contributed by atoms with Gasteiger partial charge in [-0.1, -0.05) is 24.3 Å². The van der Waals surface area contributed by atoms with E-state index in [-0.39, 0.29) is 29.8 Å². The van der Waals surface area contributed by atoms with Crippen molar-refractivity contribution in [2.45, 2.75) is 12.3 Å². The van der Waals surface area contributed by atoms with Crippen LogP contribution < -0.4 is 10.1 Å². The molecule has 0 unspecified atom stereocenters. The number of hydrogen-bond donors (Lipinski definition) is 2. The van der Waals surface area contributed by atoms with E-state index >= 15 is 0 Å². The topological polar surface area (TPSA) is 58.6 Å². The van der Waals surface area contributed by atoms with Crippen molar-refractivity contribution in [3.8, 4) is 22.6 Å². The van der Waals surface area contributed by atoms with Gasteiger partial charge in [0.2, 0.25) is 5.91 Å². The number of carbonyl (C=O) groups excluding carboxylic acids is 1. The molecule has 0 spiro atoms. The van der Waals surface area contributed by atoms with Gasteiger partial charge in [0.05, 0.1) is 12.8 Å². The molecule has 2 aromatic carbocycles. The molecule has 6 heteroatoms. The van der Waals surface area contributed by atoms with Crippen LogP contribution in [-0.2, 0) is 4.79 Å². The van der Waals surface area contributed by atoms with Crippen molar-refractivity contribution in [2.24, 2.45) is 0 Å². The lowest BCUT2D eigenvalue weighted by Gasteiger charge is -2.24. The average molecular weight is 369 g/mol. The normalized spacial score (nSPS) is 16.1. The Hall–Kier alpha value is -2.86. The number of benzene rings is 2. The SMILES string of the molecule is COc1ccc([C@H]2CC(=O)Nc3c(-c4ccccc4F)csc32)cc1O. The number of nitrogens with one attached hydrogen (secondary N) is 1. The number of ether oxygens (including phenoxy) is 1. The minimum atomic E-state index is -0.327. The summed E-state index contributed by atoms with van der Waals surface area (Å²) in [5, 5.41) is 14.8. The number of rotatable bonds is 3. The van der Waals surface area contributed by atoms with Gasteiger partial charge < -0.3 is 15.2 Å². The van der Waals surface area contributed by atoms with Gasteiger partial charge in [-0.3, -0.25) is 4.79 Å². The summed E-state index contributed by atoms with van der Waals surface area (Å²) in [4.78, 5) is 13.2. The van der Waals surface area contributed by atoms with Crippen LogP contribution in [0.15, 0.2) is 47.8 Å². The molecule has 4 rings (SSSR count). The molecule has 132 valence electrons. The number of methoxy groups -OCH3 is 1. The Kier molecular flexibility index (Phi) is 4.12. The van der Waals surface area contributed by atoms with Crippen LogP contribution in [0.3, 0.4) is 0 Å². The van der Waals surface area contributed by atoms with Crippen LogP contribution in [0.5, 0.6) is 11.5 Å². The van der Waals surface area contributed by atoms with Crippen LogP contribution in [0.1, 0.15) is 22.8 Å². The fraction of sp³-hybridized carbons (Fsp3) is 0.150. The van der Waals surface area contributed by atoms with E-state index in [1.807, 2.05) is 11.4 Å². The zero-order valence-corrected chi connectivity index (χ0v) is 14.8. The molecule has 0 saturated carbocycles. The Morgan fingerprint density at radius 1 is 1.23 bits per heavy atom. The van der Waals surface area contributed by atoms with Crippen LogP contribution in [-0.4, -0.2) is 18.1 Å². The molecule has 1 aromatic heterocycles. The molecule has 2 N–H and O–H groups in total. The Bertz CT molecular complexity index is 998. The van der Waals surface area contributed by atoms with Crippen molar-refractivity contribution in [3.05, 3.63) is 64.1 Å². The second-order valence-corrected chi connectivity index (χ2v) is 7.02. The van der Waals surface area contributed by atoms with E-state index in [2.05, 4.69) is 5.32 Å². The number of amides is 1. The lowest BCUT2D eigenvalue weighted by atomic mass is 9.89. The van der Waals surface area contributed by atoms with Gasteiger partial charge in [-0.2, -0.15) is 0 Å². The highest BCUT2D eigenvalue weighted by molar-refractivity contribution is 7.11. The van der Waals surface area contributed by atoms with Crippen LogP contribution in [0.25, 0.3) is 11.1 Å². The van der Waals surface area contributed by atoms with Gasteiger partial charge in [0.1, 0.15) is 5.82 Å². The Balaban J connectivity index is 1.81. The van der Waals surface area contributed by atoms with Gasteiger partial charge in [-0.05, 0) is 23.8 Å². The second-order valence-electron chi connectivity index (χ2n) is 6.10. The number of phenolic OH excluding ortho intramolecular Hbond substituents is 1. The molecule has 0 saturated heterocycles. The first kappa shape index (κ1) is 16.6. The van der Waals surface area contributed by atoms with Crippen LogP contribution >= 0.6 is 11.3 Å². The molecule has 0 fully saturated rings. The second kappa shape index (κ2) is 6.46. The van der Waals surface area contributed by atoms with Crippen molar-refractivity contribution >= 4 is 22.9 Å². The van der Waals surface area contributed by atoms with E-state index in [9.17, 15) is 14.3 Å². The molecule has 4 nitrogen and oxygen atoms in total. The molecule has 0 radical (unpaired) electrons. The molecule has 3 aromatic rings. The smallest absolute Gasteiger partial charge is 0.225 e. The van der Waals surface area contributed by atoms with Crippen LogP contribution in [0, 0.1) is 5.82 Å². The lowest BCUT2D eigenvalue weighted by Crippen LogP contribution is -2.22. The molecule has 0 bridgehead atoms. The minimum absolute atomic E-state index is 0.0309. The largest absolute Gasteiger partial charge is 0.504 e.